The van der Waals surface area contributed by atoms with E-state index < -0.39 is 23.4 Å². The number of carboxylic acid groups (broad SMARTS) is 1. The molecule has 0 heterocycles. The number of aliphatic carboxylic acids is 1. The van der Waals surface area contributed by atoms with Crippen LogP contribution in [0.4, 0.5) is 4.39 Å². The zero-order valence-corrected chi connectivity index (χ0v) is 6.63. The SMILES string of the molecule is CN/C(C(=O)O)=C(/F)C(=O)NC=O. The first kappa shape index (κ1) is 11.1. The van der Waals surface area contributed by atoms with Crippen LogP contribution in [0.15, 0.2) is 11.5 Å². The van der Waals surface area contributed by atoms with E-state index in [0.29, 0.717) is 0 Å². The van der Waals surface area contributed by atoms with Crippen molar-refractivity contribution in [2.45, 2.75) is 0 Å². The largest absolute Gasteiger partial charge is 0.476 e. The van der Waals surface area contributed by atoms with Crippen LogP contribution in [-0.4, -0.2) is 30.4 Å². The van der Waals surface area contributed by atoms with E-state index >= 15 is 0 Å². The van der Waals surface area contributed by atoms with Crippen molar-refractivity contribution in [3.8, 4) is 0 Å². The Labute approximate surface area is 72.4 Å². The highest BCUT2D eigenvalue weighted by Crippen LogP contribution is 2.02. The van der Waals surface area contributed by atoms with Crippen molar-refractivity contribution in [1.82, 2.24) is 10.6 Å². The van der Waals surface area contributed by atoms with E-state index in [1.54, 1.807) is 0 Å². The maximum atomic E-state index is 12.8. The first-order valence-corrected chi connectivity index (χ1v) is 3.10. The minimum Gasteiger partial charge on any atom is -0.476 e. The zero-order valence-electron chi connectivity index (χ0n) is 6.63. The fourth-order valence-electron chi connectivity index (χ4n) is 0.541. The molecule has 0 aliphatic rings. The summed E-state index contributed by atoms with van der Waals surface area (Å²) in [5.74, 6) is -4.58. The van der Waals surface area contributed by atoms with Crippen molar-refractivity contribution in [3.05, 3.63) is 11.5 Å². The third kappa shape index (κ3) is 2.89. The second kappa shape index (κ2) is 4.86. The standard InChI is InChI=1S/C6H7FN2O4/c1-8-4(6(12)13)3(7)5(11)9-2-10/h2,8H,1H3,(H,12,13)(H,9,10,11)/b4-3+. The monoisotopic (exact) mass is 190 g/mol. The Balaban J connectivity index is 4.84. The lowest BCUT2D eigenvalue weighted by molar-refractivity contribution is -0.134. The number of nitrogens with one attached hydrogen (secondary N) is 2. The van der Waals surface area contributed by atoms with E-state index in [-0.39, 0.29) is 6.41 Å². The molecule has 0 aromatic rings. The Hall–Kier alpha value is -1.92. The predicted molar refractivity (Wildman–Crippen MR) is 39.0 cm³/mol. The Morgan fingerprint density at radius 3 is 2.31 bits per heavy atom. The van der Waals surface area contributed by atoms with Crippen LogP contribution in [0.2, 0.25) is 0 Å². The normalized spacial score (nSPS) is 11.2. The molecule has 72 valence electrons. The van der Waals surface area contributed by atoms with Gasteiger partial charge in [-0.25, -0.2) is 4.79 Å². The van der Waals surface area contributed by atoms with Gasteiger partial charge in [-0.2, -0.15) is 4.39 Å². The lowest BCUT2D eigenvalue weighted by atomic mass is 10.3. The average Bonchev–Trinajstić information content (AvgIpc) is 2.05. The van der Waals surface area contributed by atoms with Crippen molar-refractivity contribution >= 4 is 18.3 Å². The summed E-state index contributed by atoms with van der Waals surface area (Å²) >= 11 is 0. The molecule has 0 aromatic heterocycles. The molecule has 0 unspecified atom stereocenters. The predicted octanol–water partition coefficient (Wildman–Crippen LogP) is -1.26. The van der Waals surface area contributed by atoms with E-state index in [1.165, 1.54) is 5.32 Å². The number of imide groups is 1. The van der Waals surface area contributed by atoms with Crippen molar-refractivity contribution in [3.63, 3.8) is 0 Å². The summed E-state index contributed by atoms with van der Waals surface area (Å²) < 4.78 is 12.8. The quantitative estimate of drug-likeness (QED) is 0.380. The van der Waals surface area contributed by atoms with Gasteiger partial charge in [-0.05, 0) is 0 Å². The van der Waals surface area contributed by atoms with E-state index in [2.05, 4.69) is 0 Å². The minimum absolute atomic E-state index is 0.0446. The molecule has 0 fully saturated rings. The van der Waals surface area contributed by atoms with E-state index in [1.807, 2.05) is 5.32 Å². The molecular formula is C6H7FN2O4. The van der Waals surface area contributed by atoms with Crippen LogP contribution in [0.25, 0.3) is 0 Å². The molecule has 0 aromatic carbocycles. The van der Waals surface area contributed by atoms with Crippen LogP contribution in [0.5, 0.6) is 0 Å². The molecule has 0 saturated heterocycles. The molecule has 0 radical (unpaired) electrons. The molecule has 0 saturated carbocycles. The molecule has 0 spiro atoms. The van der Waals surface area contributed by atoms with Gasteiger partial charge >= 0.3 is 5.97 Å². The summed E-state index contributed by atoms with van der Waals surface area (Å²) in [5, 5.41) is 11.8. The fourth-order valence-corrected chi connectivity index (χ4v) is 0.541. The molecule has 0 bridgehead atoms. The maximum absolute atomic E-state index is 12.8. The van der Waals surface area contributed by atoms with E-state index in [0.717, 1.165) is 7.05 Å². The van der Waals surface area contributed by atoms with Gasteiger partial charge in [-0.3, -0.25) is 14.9 Å². The van der Waals surface area contributed by atoms with Gasteiger partial charge in [0, 0.05) is 7.05 Å². The molecule has 0 atom stereocenters. The van der Waals surface area contributed by atoms with Crippen LogP contribution in [0.3, 0.4) is 0 Å². The summed E-state index contributed by atoms with van der Waals surface area (Å²) in [6, 6.07) is 0. The number of hydrogen-bond donors (Lipinski definition) is 3. The highest BCUT2D eigenvalue weighted by Gasteiger charge is 2.19. The van der Waals surface area contributed by atoms with Gasteiger partial charge in [0.25, 0.3) is 5.91 Å². The van der Waals surface area contributed by atoms with Crippen LogP contribution in [-0.2, 0) is 14.4 Å². The summed E-state index contributed by atoms with van der Waals surface area (Å²) in [6.45, 7) is 0. The third-order valence-electron chi connectivity index (χ3n) is 1.07. The zero-order chi connectivity index (χ0) is 10.4. The first-order chi connectivity index (χ1) is 6.04. The Kier molecular flexibility index (Phi) is 4.14. The molecule has 0 aliphatic carbocycles. The van der Waals surface area contributed by atoms with Gasteiger partial charge in [0.05, 0.1) is 0 Å². The number of carbonyl (C=O) groups is 3. The second-order valence-corrected chi connectivity index (χ2v) is 1.84. The number of halogens is 1. The average molecular weight is 190 g/mol. The van der Waals surface area contributed by atoms with Crippen LogP contribution in [0.1, 0.15) is 0 Å². The van der Waals surface area contributed by atoms with Crippen molar-refractivity contribution in [2.75, 3.05) is 7.05 Å². The second-order valence-electron chi connectivity index (χ2n) is 1.84. The number of likely N-dealkylation sites (N-methyl/N-ethyl adjacent to an activating group) is 1. The summed E-state index contributed by atoms with van der Waals surface area (Å²) in [6.07, 6.45) is -0.0446. The number of amides is 2. The Morgan fingerprint density at radius 1 is 1.46 bits per heavy atom. The van der Waals surface area contributed by atoms with Gasteiger partial charge in [0.15, 0.2) is 5.70 Å². The highest BCUT2D eigenvalue weighted by molar-refractivity contribution is 6.03. The molecule has 7 heteroatoms. The van der Waals surface area contributed by atoms with Gasteiger partial charge < -0.3 is 10.4 Å². The fraction of sp³-hybridized carbons (Fsp3) is 0.167. The van der Waals surface area contributed by atoms with Gasteiger partial charge in [-0.15, -0.1) is 0 Å². The number of carboxylic acids is 1. The molecule has 3 N–H and O–H groups in total. The number of carbonyl (C=O) groups excluding carboxylic acids is 2. The molecular weight excluding hydrogens is 183 g/mol. The molecule has 0 rings (SSSR count). The van der Waals surface area contributed by atoms with Crippen molar-refractivity contribution < 1.29 is 23.9 Å². The number of rotatable bonds is 4. The smallest absolute Gasteiger partial charge is 0.355 e. The Bertz CT molecular complexity index is 274. The molecule has 0 aliphatic heterocycles. The maximum Gasteiger partial charge on any atom is 0.355 e. The topological polar surface area (TPSA) is 95.5 Å². The van der Waals surface area contributed by atoms with Crippen LogP contribution >= 0.6 is 0 Å². The van der Waals surface area contributed by atoms with Crippen LogP contribution < -0.4 is 10.6 Å². The Morgan fingerprint density at radius 2 is 2.00 bits per heavy atom. The van der Waals surface area contributed by atoms with Crippen molar-refractivity contribution in [1.29, 1.82) is 0 Å². The number of hydrogen-bond acceptors (Lipinski definition) is 4. The van der Waals surface area contributed by atoms with Gasteiger partial charge in [0.1, 0.15) is 0 Å². The first-order valence-electron chi connectivity index (χ1n) is 3.10. The highest BCUT2D eigenvalue weighted by atomic mass is 19.1. The molecule has 2 amide bonds. The molecule has 13 heavy (non-hydrogen) atoms. The van der Waals surface area contributed by atoms with Gasteiger partial charge in [0.2, 0.25) is 12.2 Å². The summed E-state index contributed by atoms with van der Waals surface area (Å²) in [7, 11) is 1.14. The molecule has 6 nitrogen and oxygen atoms in total. The minimum atomic E-state index is -1.62. The van der Waals surface area contributed by atoms with Crippen LogP contribution in [0, 0.1) is 0 Å². The third-order valence-corrected chi connectivity index (χ3v) is 1.07. The summed E-state index contributed by atoms with van der Waals surface area (Å²) in [5.41, 5.74) is -0.903. The lowest BCUT2D eigenvalue weighted by Crippen LogP contribution is -2.27. The van der Waals surface area contributed by atoms with E-state index in [4.69, 9.17) is 5.11 Å². The summed E-state index contributed by atoms with van der Waals surface area (Å²) in [4.78, 5) is 30.5. The van der Waals surface area contributed by atoms with Crippen molar-refractivity contribution in [2.24, 2.45) is 0 Å². The van der Waals surface area contributed by atoms with Gasteiger partial charge in [-0.1, -0.05) is 0 Å². The van der Waals surface area contributed by atoms with E-state index in [9.17, 15) is 18.8 Å². The lowest BCUT2D eigenvalue weighted by Gasteiger charge is -2.01.